The molecule has 0 unspecified atom stereocenters. The Bertz CT molecular complexity index is 592. The van der Waals surface area contributed by atoms with E-state index in [1.807, 2.05) is 31.1 Å². The largest absolute Gasteiger partial charge is 0.378 e. The highest BCUT2D eigenvalue weighted by molar-refractivity contribution is 7.17. The summed E-state index contributed by atoms with van der Waals surface area (Å²) in [6.45, 7) is 0.585. The second kappa shape index (κ2) is 6.29. The number of carbonyl (C=O) groups is 1. The van der Waals surface area contributed by atoms with Gasteiger partial charge in [-0.25, -0.2) is 0 Å². The maximum atomic E-state index is 12.2. The normalized spacial score (nSPS) is 10.4. The molecule has 2 aromatic rings. The molecule has 2 rings (SSSR count). The van der Waals surface area contributed by atoms with Crippen molar-refractivity contribution in [2.75, 3.05) is 26.0 Å². The van der Waals surface area contributed by atoms with Crippen LogP contribution in [-0.4, -0.2) is 32.0 Å². The number of amides is 1. The Balaban J connectivity index is 2.03. The van der Waals surface area contributed by atoms with Crippen molar-refractivity contribution in [1.29, 1.82) is 0 Å². The Morgan fingerprint density at radius 1 is 1.10 bits per heavy atom. The highest BCUT2D eigenvalue weighted by atomic mass is 35.5. The molecule has 1 heterocycles. The first-order valence-corrected chi connectivity index (χ1v) is 7.44. The Hall–Kier alpha value is -1.52. The number of anilines is 1. The van der Waals surface area contributed by atoms with Crippen LogP contribution < -0.4 is 4.90 Å². The fourth-order valence-corrected chi connectivity index (χ4v) is 2.90. The zero-order valence-electron chi connectivity index (χ0n) is 11.8. The van der Waals surface area contributed by atoms with Crippen LogP contribution in [0.25, 0.3) is 0 Å². The van der Waals surface area contributed by atoms with Crippen molar-refractivity contribution in [3.8, 4) is 0 Å². The Morgan fingerprint density at radius 3 is 2.25 bits per heavy atom. The van der Waals surface area contributed by atoms with Crippen LogP contribution in [0.1, 0.15) is 15.2 Å². The van der Waals surface area contributed by atoms with Crippen LogP contribution in [0.2, 0.25) is 4.34 Å². The summed E-state index contributed by atoms with van der Waals surface area (Å²) >= 11 is 7.17. The molecular weight excluding hydrogens is 292 g/mol. The van der Waals surface area contributed by atoms with Crippen LogP contribution in [0.5, 0.6) is 0 Å². The summed E-state index contributed by atoms with van der Waals surface area (Å²) in [6.07, 6.45) is 0. The van der Waals surface area contributed by atoms with E-state index in [1.165, 1.54) is 11.3 Å². The SMILES string of the molecule is CN(Cc1ccc(N(C)C)cc1)C(=O)c1ccc(Cl)s1. The van der Waals surface area contributed by atoms with Crippen molar-refractivity contribution in [3.05, 3.63) is 51.2 Å². The average Bonchev–Trinajstić information content (AvgIpc) is 2.85. The lowest BCUT2D eigenvalue weighted by Gasteiger charge is -2.17. The molecule has 3 nitrogen and oxygen atoms in total. The summed E-state index contributed by atoms with van der Waals surface area (Å²) in [6, 6.07) is 11.7. The molecule has 0 aliphatic rings. The number of hydrogen-bond acceptors (Lipinski definition) is 3. The van der Waals surface area contributed by atoms with Gasteiger partial charge in [-0.1, -0.05) is 23.7 Å². The highest BCUT2D eigenvalue weighted by Crippen LogP contribution is 2.23. The first-order chi connectivity index (χ1) is 9.47. The van der Waals surface area contributed by atoms with Crippen molar-refractivity contribution in [2.24, 2.45) is 0 Å². The summed E-state index contributed by atoms with van der Waals surface area (Å²) in [4.78, 5) is 16.6. The van der Waals surface area contributed by atoms with Crippen molar-refractivity contribution in [2.45, 2.75) is 6.54 Å². The molecule has 0 spiro atoms. The molecule has 0 fully saturated rings. The van der Waals surface area contributed by atoms with Crippen LogP contribution in [-0.2, 0) is 6.54 Å². The lowest BCUT2D eigenvalue weighted by Crippen LogP contribution is -2.25. The fraction of sp³-hybridized carbons (Fsp3) is 0.267. The predicted molar refractivity (Wildman–Crippen MR) is 85.9 cm³/mol. The number of nitrogens with zero attached hydrogens (tertiary/aromatic N) is 2. The fourth-order valence-electron chi connectivity index (χ4n) is 1.86. The van der Waals surface area contributed by atoms with E-state index >= 15 is 0 Å². The molecular formula is C15H17ClN2OS. The molecule has 106 valence electrons. The van der Waals surface area contributed by atoms with Gasteiger partial charge in [0.1, 0.15) is 0 Å². The number of halogens is 1. The van der Waals surface area contributed by atoms with E-state index in [1.54, 1.807) is 24.1 Å². The lowest BCUT2D eigenvalue weighted by molar-refractivity contribution is 0.0790. The summed E-state index contributed by atoms with van der Waals surface area (Å²) in [5.41, 5.74) is 2.25. The highest BCUT2D eigenvalue weighted by Gasteiger charge is 2.14. The number of hydrogen-bond donors (Lipinski definition) is 0. The van der Waals surface area contributed by atoms with E-state index in [2.05, 4.69) is 12.1 Å². The van der Waals surface area contributed by atoms with Crippen LogP contribution in [0.4, 0.5) is 5.69 Å². The maximum absolute atomic E-state index is 12.2. The van der Waals surface area contributed by atoms with Crippen molar-refractivity contribution >= 4 is 34.5 Å². The molecule has 1 aromatic carbocycles. The minimum atomic E-state index is -0.00131. The van der Waals surface area contributed by atoms with E-state index in [0.717, 1.165) is 11.3 Å². The second-order valence-corrected chi connectivity index (χ2v) is 6.54. The van der Waals surface area contributed by atoms with Crippen LogP contribution in [0.15, 0.2) is 36.4 Å². The third kappa shape index (κ3) is 3.52. The Labute approximate surface area is 128 Å². The molecule has 5 heteroatoms. The van der Waals surface area contributed by atoms with Crippen molar-refractivity contribution in [1.82, 2.24) is 4.90 Å². The van der Waals surface area contributed by atoms with Gasteiger partial charge in [-0.3, -0.25) is 4.79 Å². The first-order valence-electron chi connectivity index (χ1n) is 6.24. The van der Waals surface area contributed by atoms with E-state index in [4.69, 9.17) is 11.6 Å². The van der Waals surface area contributed by atoms with Crippen LogP contribution in [0, 0.1) is 0 Å². The standard InChI is InChI=1S/C15H17ClN2OS/c1-17(2)12-6-4-11(5-7-12)10-18(3)15(19)13-8-9-14(16)20-13/h4-9H,10H2,1-3H3. The molecule has 0 N–H and O–H groups in total. The van der Waals surface area contributed by atoms with Crippen molar-refractivity contribution < 1.29 is 4.79 Å². The van der Waals surface area contributed by atoms with Gasteiger partial charge in [0.25, 0.3) is 5.91 Å². The quantitative estimate of drug-likeness (QED) is 0.859. The van der Waals surface area contributed by atoms with E-state index in [0.29, 0.717) is 15.8 Å². The van der Waals surface area contributed by atoms with Gasteiger partial charge in [0.15, 0.2) is 0 Å². The van der Waals surface area contributed by atoms with E-state index in [-0.39, 0.29) is 5.91 Å². The number of benzene rings is 1. The van der Waals surface area contributed by atoms with E-state index in [9.17, 15) is 4.79 Å². The molecule has 0 aliphatic heterocycles. The monoisotopic (exact) mass is 308 g/mol. The molecule has 1 aromatic heterocycles. The third-order valence-electron chi connectivity index (χ3n) is 3.00. The number of thiophene rings is 1. The second-order valence-electron chi connectivity index (χ2n) is 4.83. The summed E-state index contributed by atoms with van der Waals surface area (Å²) in [7, 11) is 5.81. The smallest absolute Gasteiger partial charge is 0.264 e. The van der Waals surface area contributed by atoms with Gasteiger partial charge >= 0.3 is 0 Å². The van der Waals surface area contributed by atoms with Gasteiger partial charge < -0.3 is 9.80 Å². The molecule has 0 radical (unpaired) electrons. The minimum Gasteiger partial charge on any atom is -0.378 e. The van der Waals surface area contributed by atoms with Gasteiger partial charge in [-0.15, -0.1) is 11.3 Å². The van der Waals surface area contributed by atoms with Gasteiger partial charge in [0, 0.05) is 33.4 Å². The zero-order chi connectivity index (χ0) is 14.7. The molecule has 0 saturated carbocycles. The first kappa shape index (κ1) is 14.9. The zero-order valence-corrected chi connectivity index (χ0v) is 13.3. The summed E-state index contributed by atoms with van der Waals surface area (Å²) in [5, 5.41) is 0. The predicted octanol–water partition coefficient (Wildman–Crippen LogP) is 3.74. The lowest BCUT2D eigenvalue weighted by atomic mass is 10.2. The minimum absolute atomic E-state index is 0.00131. The Morgan fingerprint density at radius 2 is 1.75 bits per heavy atom. The molecule has 0 saturated heterocycles. The van der Waals surface area contributed by atoms with Crippen molar-refractivity contribution in [3.63, 3.8) is 0 Å². The molecule has 20 heavy (non-hydrogen) atoms. The Kier molecular flexibility index (Phi) is 4.68. The average molecular weight is 309 g/mol. The van der Waals surface area contributed by atoms with Gasteiger partial charge in [-0.05, 0) is 29.8 Å². The third-order valence-corrected chi connectivity index (χ3v) is 4.22. The molecule has 0 atom stereocenters. The van der Waals surface area contributed by atoms with Gasteiger partial charge in [0.2, 0.25) is 0 Å². The van der Waals surface area contributed by atoms with E-state index < -0.39 is 0 Å². The number of rotatable bonds is 4. The van der Waals surface area contributed by atoms with Crippen LogP contribution in [0.3, 0.4) is 0 Å². The summed E-state index contributed by atoms with van der Waals surface area (Å²) < 4.78 is 0.636. The topological polar surface area (TPSA) is 23.6 Å². The molecule has 0 aliphatic carbocycles. The van der Waals surface area contributed by atoms with Gasteiger partial charge in [0.05, 0.1) is 9.21 Å². The maximum Gasteiger partial charge on any atom is 0.264 e. The van der Waals surface area contributed by atoms with Crippen LogP contribution >= 0.6 is 22.9 Å². The molecule has 1 amide bonds. The summed E-state index contributed by atoms with van der Waals surface area (Å²) in [5.74, 6) is -0.00131. The number of carbonyl (C=O) groups excluding carboxylic acids is 1. The molecule has 0 bridgehead atoms. The van der Waals surface area contributed by atoms with Gasteiger partial charge in [-0.2, -0.15) is 0 Å².